The number of rotatable bonds is 7. The fourth-order valence-corrected chi connectivity index (χ4v) is 6.31. The summed E-state index contributed by atoms with van der Waals surface area (Å²) in [5, 5.41) is 5.50. The summed E-state index contributed by atoms with van der Waals surface area (Å²) < 4.78 is 44.2. The van der Waals surface area contributed by atoms with E-state index < -0.39 is 6.36 Å². The van der Waals surface area contributed by atoms with Crippen molar-refractivity contribution < 1.29 is 17.9 Å². The minimum Gasteiger partial charge on any atom is -0.406 e. The lowest BCUT2D eigenvalue weighted by molar-refractivity contribution is -0.274. The van der Waals surface area contributed by atoms with Gasteiger partial charge in [-0.1, -0.05) is 35.9 Å². The Morgan fingerprint density at radius 1 is 0.854 bits per heavy atom. The molecule has 4 aromatic rings. The maximum absolute atomic E-state index is 12.7. The molecule has 0 aliphatic carbocycles. The summed E-state index contributed by atoms with van der Waals surface area (Å²) >= 11 is 6.38. The van der Waals surface area contributed by atoms with E-state index in [1.165, 1.54) is 34.2 Å². The number of benzene rings is 3. The van der Waals surface area contributed by atoms with Gasteiger partial charge in [-0.15, -0.1) is 13.2 Å². The van der Waals surface area contributed by atoms with Crippen LogP contribution < -0.4 is 10.1 Å². The summed E-state index contributed by atoms with van der Waals surface area (Å²) in [6.07, 6.45) is -0.399. The summed E-state index contributed by atoms with van der Waals surface area (Å²) in [7, 11) is 0. The Labute approximate surface area is 243 Å². The van der Waals surface area contributed by atoms with Gasteiger partial charge in [0.1, 0.15) is 5.75 Å². The minimum absolute atomic E-state index is 0.217. The number of piperidine rings is 1. The summed E-state index contributed by atoms with van der Waals surface area (Å²) in [5.74, 6) is 0.224. The van der Waals surface area contributed by atoms with Crippen molar-refractivity contribution in [3.05, 3.63) is 94.6 Å². The molecule has 2 saturated heterocycles. The van der Waals surface area contributed by atoms with Gasteiger partial charge in [0, 0.05) is 61.6 Å². The topological polar surface area (TPSA) is 32.7 Å². The molecule has 41 heavy (non-hydrogen) atoms. The van der Waals surface area contributed by atoms with Gasteiger partial charge in [-0.3, -0.25) is 9.80 Å². The zero-order chi connectivity index (χ0) is 28.4. The van der Waals surface area contributed by atoms with E-state index >= 15 is 0 Å². The lowest BCUT2D eigenvalue weighted by Gasteiger charge is -2.35. The second-order valence-electron chi connectivity index (χ2n) is 11.0. The SMILES string of the molecule is FC(F)(F)Oc1ccc(-n2cc(C3CCNCC3)c3cc(CN4CCN(Cc5ccccc5Cl)CC4)ccc32)cc1. The molecule has 0 amide bonds. The number of ether oxygens (including phenoxy) is 1. The average Bonchev–Trinajstić information content (AvgIpc) is 3.34. The van der Waals surface area contributed by atoms with Crippen LogP contribution in [0.4, 0.5) is 13.2 Å². The highest BCUT2D eigenvalue weighted by Gasteiger charge is 2.31. The first kappa shape index (κ1) is 28.1. The van der Waals surface area contributed by atoms with E-state index in [0.29, 0.717) is 5.92 Å². The van der Waals surface area contributed by atoms with Crippen LogP contribution in [0.5, 0.6) is 5.75 Å². The molecule has 2 aliphatic heterocycles. The van der Waals surface area contributed by atoms with Crippen molar-refractivity contribution >= 4 is 22.5 Å². The number of nitrogens with one attached hydrogen (secondary N) is 1. The van der Waals surface area contributed by atoms with Crippen molar-refractivity contribution in [3.63, 3.8) is 0 Å². The van der Waals surface area contributed by atoms with E-state index in [1.54, 1.807) is 12.1 Å². The van der Waals surface area contributed by atoms with Crippen LogP contribution >= 0.6 is 11.6 Å². The van der Waals surface area contributed by atoms with Gasteiger partial charge in [0.2, 0.25) is 0 Å². The molecule has 1 N–H and O–H groups in total. The van der Waals surface area contributed by atoms with Crippen molar-refractivity contribution in [2.24, 2.45) is 0 Å². The Bertz CT molecular complexity index is 1470. The second-order valence-corrected chi connectivity index (χ2v) is 11.4. The first-order valence-corrected chi connectivity index (χ1v) is 14.6. The maximum atomic E-state index is 12.7. The van der Waals surface area contributed by atoms with Gasteiger partial charge in [0.05, 0.1) is 5.52 Å². The lowest BCUT2D eigenvalue weighted by Crippen LogP contribution is -2.45. The van der Waals surface area contributed by atoms with Crippen LogP contribution in [0.1, 0.15) is 35.4 Å². The van der Waals surface area contributed by atoms with Crippen LogP contribution in [0.15, 0.2) is 72.9 Å². The van der Waals surface area contributed by atoms with Crippen LogP contribution in [0, 0.1) is 0 Å². The van der Waals surface area contributed by atoms with Crippen LogP contribution in [0.3, 0.4) is 0 Å². The first-order chi connectivity index (χ1) is 19.8. The quantitative estimate of drug-likeness (QED) is 0.255. The van der Waals surface area contributed by atoms with E-state index in [4.69, 9.17) is 11.6 Å². The molecule has 5 nitrogen and oxygen atoms in total. The van der Waals surface area contributed by atoms with Gasteiger partial charge in [0.25, 0.3) is 0 Å². The third-order valence-corrected chi connectivity index (χ3v) is 8.62. The van der Waals surface area contributed by atoms with Gasteiger partial charge in [-0.05, 0) is 91.0 Å². The van der Waals surface area contributed by atoms with E-state index in [0.717, 1.165) is 81.4 Å². The van der Waals surface area contributed by atoms with E-state index in [1.807, 2.05) is 18.2 Å². The number of alkyl halides is 3. The highest BCUT2D eigenvalue weighted by Crippen LogP contribution is 2.36. The molecule has 0 atom stereocenters. The Balaban J connectivity index is 1.21. The molecule has 0 saturated carbocycles. The van der Waals surface area contributed by atoms with Crippen molar-refractivity contribution in [1.82, 2.24) is 19.7 Å². The van der Waals surface area contributed by atoms with Gasteiger partial charge in [-0.25, -0.2) is 0 Å². The second kappa shape index (κ2) is 12.1. The number of fused-ring (bicyclic) bond motifs is 1. The number of hydrogen-bond donors (Lipinski definition) is 1. The third-order valence-electron chi connectivity index (χ3n) is 8.25. The van der Waals surface area contributed by atoms with Gasteiger partial charge in [-0.2, -0.15) is 0 Å². The molecular formula is C32H34ClF3N4O. The zero-order valence-electron chi connectivity index (χ0n) is 22.8. The molecule has 0 bridgehead atoms. The van der Waals surface area contributed by atoms with Gasteiger partial charge >= 0.3 is 6.36 Å². The summed E-state index contributed by atoms with van der Waals surface area (Å²) in [6, 6.07) is 20.8. The first-order valence-electron chi connectivity index (χ1n) is 14.2. The highest BCUT2D eigenvalue weighted by molar-refractivity contribution is 6.31. The van der Waals surface area contributed by atoms with E-state index in [-0.39, 0.29) is 5.75 Å². The summed E-state index contributed by atoms with van der Waals surface area (Å²) in [4.78, 5) is 4.96. The molecule has 216 valence electrons. The highest BCUT2D eigenvalue weighted by atomic mass is 35.5. The monoisotopic (exact) mass is 582 g/mol. The molecule has 6 rings (SSSR count). The Morgan fingerprint density at radius 3 is 2.22 bits per heavy atom. The molecule has 2 fully saturated rings. The molecule has 9 heteroatoms. The van der Waals surface area contributed by atoms with Crippen LogP contribution in [-0.2, 0) is 13.1 Å². The molecule has 2 aliphatic rings. The number of hydrogen-bond acceptors (Lipinski definition) is 4. The average molecular weight is 583 g/mol. The fraction of sp³-hybridized carbons (Fsp3) is 0.375. The number of aromatic nitrogens is 1. The molecule has 0 unspecified atom stereocenters. The molecule has 3 aromatic carbocycles. The van der Waals surface area contributed by atoms with Crippen LogP contribution in [0.2, 0.25) is 5.02 Å². The number of piperazine rings is 1. The van der Waals surface area contributed by atoms with Crippen LogP contribution in [-0.4, -0.2) is 60.0 Å². The molecule has 0 radical (unpaired) electrons. The van der Waals surface area contributed by atoms with E-state index in [9.17, 15) is 13.2 Å². The number of halogens is 4. The van der Waals surface area contributed by atoms with Crippen molar-refractivity contribution in [2.45, 2.75) is 38.2 Å². The van der Waals surface area contributed by atoms with Crippen molar-refractivity contribution in [1.29, 1.82) is 0 Å². The maximum Gasteiger partial charge on any atom is 0.573 e. The van der Waals surface area contributed by atoms with Crippen molar-refractivity contribution in [3.8, 4) is 11.4 Å². The Kier molecular flexibility index (Phi) is 8.26. The van der Waals surface area contributed by atoms with Gasteiger partial charge < -0.3 is 14.6 Å². The lowest BCUT2D eigenvalue weighted by atomic mass is 9.89. The zero-order valence-corrected chi connectivity index (χ0v) is 23.6. The standard InChI is InChI=1S/C32H34ClF3N4O/c33-30-4-2-1-3-25(30)21-39-17-15-38(16-18-39)20-23-5-10-31-28(19-23)29(24-11-13-37-14-12-24)22-40(31)26-6-8-27(9-7-26)41-32(34,35)36/h1-10,19,22,24,37H,11-18,20-21H2. The Morgan fingerprint density at radius 2 is 1.54 bits per heavy atom. The molecule has 3 heterocycles. The van der Waals surface area contributed by atoms with Crippen LogP contribution in [0.25, 0.3) is 16.6 Å². The smallest absolute Gasteiger partial charge is 0.406 e. The van der Waals surface area contributed by atoms with E-state index in [2.05, 4.69) is 54.9 Å². The molecule has 1 aromatic heterocycles. The predicted octanol–water partition coefficient (Wildman–Crippen LogP) is 6.97. The predicted molar refractivity (Wildman–Crippen MR) is 157 cm³/mol. The summed E-state index contributed by atoms with van der Waals surface area (Å²) in [5.41, 5.74) is 5.64. The molecule has 0 spiro atoms. The summed E-state index contributed by atoms with van der Waals surface area (Å²) in [6.45, 7) is 7.72. The molecular weight excluding hydrogens is 549 g/mol. The normalized spacial score (nSPS) is 17.8. The minimum atomic E-state index is -4.71. The fourth-order valence-electron chi connectivity index (χ4n) is 6.11. The van der Waals surface area contributed by atoms with Gasteiger partial charge in [0.15, 0.2) is 0 Å². The Hall–Kier alpha value is -3.04. The largest absolute Gasteiger partial charge is 0.573 e. The van der Waals surface area contributed by atoms with Crippen molar-refractivity contribution in [2.75, 3.05) is 39.3 Å². The third kappa shape index (κ3) is 6.72. The number of nitrogens with zero attached hydrogens (tertiary/aromatic N) is 3.